The Hall–Kier alpha value is -3.82. The first kappa shape index (κ1) is 19.2. The monoisotopic (exact) mass is 410 g/mol. The molecule has 0 bridgehead atoms. The number of rotatable bonds is 3. The summed E-state index contributed by atoms with van der Waals surface area (Å²) in [5.41, 5.74) is 10.5. The van der Waals surface area contributed by atoms with E-state index in [0.29, 0.717) is 24.6 Å². The van der Waals surface area contributed by atoms with Crippen LogP contribution in [0.2, 0.25) is 0 Å². The molecule has 2 N–H and O–H groups in total. The Balaban J connectivity index is 1.94. The largest absolute Gasteiger partial charge is 0.497 e. The quantitative estimate of drug-likeness (QED) is 0.506. The lowest BCUT2D eigenvalue weighted by Gasteiger charge is -2.31. The molecule has 31 heavy (non-hydrogen) atoms. The number of nitriles is 1. The topological polar surface area (TPSA) is 84.4 Å². The second-order valence-corrected chi connectivity index (χ2v) is 7.53. The fourth-order valence-corrected chi connectivity index (χ4v) is 4.38. The normalized spacial score (nSPS) is 14.0. The first-order valence-corrected chi connectivity index (χ1v) is 10.2. The number of ether oxygens (including phenoxy) is 2. The van der Waals surface area contributed by atoms with E-state index in [2.05, 4.69) is 11.0 Å². The van der Waals surface area contributed by atoms with E-state index in [4.69, 9.17) is 20.2 Å². The summed E-state index contributed by atoms with van der Waals surface area (Å²) in [6.07, 6.45) is 0. The van der Waals surface area contributed by atoms with Crippen LogP contribution < -0.4 is 15.4 Å². The highest BCUT2D eigenvalue weighted by molar-refractivity contribution is 6.19. The summed E-state index contributed by atoms with van der Waals surface area (Å²) in [4.78, 5) is 7.01. The molecule has 2 heterocycles. The Morgan fingerprint density at radius 3 is 2.45 bits per heavy atom. The van der Waals surface area contributed by atoms with Crippen molar-refractivity contribution in [1.29, 1.82) is 5.26 Å². The molecular weight excluding hydrogens is 388 g/mol. The molecule has 0 radical (unpaired) electrons. The van der Waals surface area contributed by atoms with Crippen LogP contribution in [0.25, 0.3) is 32.8 Å². The number of nitrogens with zero attached hydrogens (tertiary/aromatic N) is 3. The maximum Gasteiger partial charge on any atom is 0.126 e. The van der Waals surface area contributed by atoms with Crippen molar-refractivity contribution < 1.29 is 9.47 Å². The van der Waals surface area contributed by atoms with Gasteiger partial charge in [0.1, 0.15) is 17.6 Å². The van der Waals surface area contributed by atoms with Crippen LogP contribution in [-0.2, 0) is 4.74 Å². The molecule has 0 unspecified atom stereocenters. The molecule has 1 aliphatic rings. The van der Waals surface area contributed by atoms with Gasteiger partial charge in [-0.3, -0.25) is 0 Å². The van der Waals surface area contributed by atoms with Gasteiger partial charge < -0.3 is 20.1 Å². The van der Waals surface area contributed by atoms with Gasteiger partial charge in [0.15, 0.2) is 0 Å². The maximum absolute atomic E-state index is 10.2. The van der Waals surface area contributed by atoms with E-state index in [0.717, 1.165) is 57.3 Å². The maximum atomic E-state index is 10.2. The molecule has 4 aromatic rings. The second-order valence-electron chi connectivity index (χ2n) is 7.53. The summed E-state index contributed by atoms with van der Waals surface area (Å²) in [7, 11) is 1.64. The van der Waals surface area contributed by atoms with Gasteiger partial charge in [-0.25, -0.2) is 4.98 Å². The number of pyridine rings is 1. The van der Waals surface area contributed by atoms with Crippen molar-refractivity contribution in [1.82, 2.24) is 4.98 Å². The number of nitrogen functional groups attached to an aromatic ring is 1. The minimum Gasteiger partial charge on any atom is -0.497 e. The van der Waals surface area contributed by atoms with Crippen molar-refractivity contribution in [2.45, 2.75) is 0 Å². The number of hydrogen-bond donors (Lipinski definition) is 1. The van der Waals surface area contributed by atoms with Crippen LogP contribution in [0.3, 0.4) is 0 Å². The van der Waals surface area contributed by atoms with Crippen LogP contribution in [0, 0.1) is 11.3 Å². The summed E-state index contributed by atoms with van der Waals surface area (Å²) >= 11 is 0. The van der Waals surface area contributed by atoms with E-state index in [1.807, 2.05) is 54.6 Å². The zero-order chi connectivity index (χ0) is 21.4. The van der Waals surface area contributed by atoms with Gasteiger partial charge in [0, 0.05) is 40.9 Å². The van der Waals surface area contributed by atoms with Gasteiger partial charge in [0.2, 0.25) is 0 Å². The van der Waals surface area contributed by atoms with E-state index < -0.39 is 0 Å². The van der Waals surface area contributed by atoms with Gasteiger partial charge in [0.25, 0.3) is 0 Å². The number of fused-ring (bicyclic) bond motifs is 3. The van der Waals surface area contributed by atoms with Gasteiger partial charge >= 0.3 is 0 Å². The van der Waals surface area contributed by atoms with Gasteiger partial charge in [0.05, 0.1) is 37.1 Å². The predicted octanol–water partition coefficient (Wildman–Crippen LogP) is 4.35. The number of anilines is 2. The van der Waals surface area contributed by atoms with Crippen LogP contribution in [0.1, 0.15) is 5.56 Å². The Morgan fingerprint density at radius 2 is 1.77 bits per heavy atom. The zero-order valence-corrected chi connectivity index (χ0v) is 17.3. The molecule has 0 spiro atoms. The highest BCUT2D eigenvalue weighted by atomic mass is 16.5. The Kier molecular flexibility index (Phi) is 4.81. The molecule has 0 amide bonds. The number of methoxy groups -OCH3 is 1. The molecule has 6 heteroatoms. The molecule has 6 nitrogen and oxygen atoms in total. The highest BCUT2D eigenvalue weighted by Crippen LogP contribution is 2.43. The van der Waals surface area contributed by atoms with Crippen molar-refractivity contribution in [3.63, 3.8) is 0 Å². The lowest BCUT2D eigenvalue weighted by Crippen LogP contribution is -2.36. The molecule has 0 atom stereocenters. The third-order valence-corrected chi connectivity index (χ3v) is 5.81. The average molecular weight is 410 g/mol. The summed E-state index contributed by atoms with van der Waals surface area (Å²) in [5, 5.41) is 13.0. The van der Waals surface area contributed by atoms with Crippen LogP contribution in [0.15, 0.2) is 54.6 Å². The standard InChI is InChI=1S/C25H22N4O2/c1-30-17-8-6-16(7-9-17)23-20(15-26)18-4-2-3-5-19(18)25-24(23)21(14-22(27)28-25)29-10-12-31-13-11-29/h2-9,14H,10-13H2,1H3,(H2,27,28). The molecule has 3 aromatic carbocycles. The van der Waals surface area contributed by atoms with Crippen molar-refractivity contribution in [2.75, 3.05) is 44.0 Å². The van der Waals surface area contributed by atoms with E-state index in [9.17, 15) is 5.26 Å². The van der Waals surface area contributed by atoms with E-state index in [1.165, 1.54) is 0 Å². The Bertz CT molecular complexity index is 1320. The number of morpholine rings is 1. The smallest absolute Gasteiger partial charge is 0.126 e. The Labute approximate surface area is 180 Å². The molecule has 1 aliphatic heterocycles. The van der Waals surface area contributed by atoms with Gasteiger partial charge in [-0.1, -0.05) is 36.4 Å². The summed E-state index contributed by atoms with van der Waals surface area (Å²) in [6, 6.07) is 20.1. The highest BCUT2D eigenvalue weighted by Gasteiger charge is 2.23. The van der Waals surface area contributed by atoms with Crippen molar-refractivity contribution in [2.24, 2.45) is 0 Å². The number of hydrogen-bond acceptors (Lipinski definition) is 6. The first-order valence-electron chi connectivity index (χ1n) is 10.2. The van der Waals surface area contributed by atoms with Crippen molar-refractivity contribution >= 4 is 33.2 Å². The minimum atomic E-state index is 0.463. The lowest BCUT2D eigenvalue weighted by molar-refractivity contribution is 0.123. The molecular formula is C25H22N4O2. The minimum absolute atomic E-state index is 0.463. The predicted molar refractivity (Wildman–Crippen MR) is 123 cm³/mol. The SMILES string of the molecule is COc1ccc(-c2c(C#N)c3ccccc3c3nc(N)cc(N4CCOCC4)c23)cc1. The van der Waals surface area contributed by atoms with Crippen LogP contribution in [0.5, 0.6) is 5.75 Å². The van der Waals surface area contributed by atoms with Crippen LogP contribution in [-0.4, -0.2) is 38.4 Å². The van der Waals surface area contributed by atoms with Crippen LogP contribution in [0.4, 0.5) is 11.5 Å². The second kappa shape index (κ2) is 7.78. The fraction of sp³-hybridized carbons (Fsp3) is 0.200. The average Bonchev–Trinajstić information content (AvgIpc) is 2.83. The number of benzene rings is 3. The van der Waals surface area contributed by atoms with Gasteiger partial charge in [-0.2, -0.15) is 5.26 Å². The van der Waals surface area contributed by atoms with Crippen molar-refractivity contribution in [3.05, 3.63) is 60.2 Å². The molecule has 1 saturated heterocycles. The van der Waals surface area contributed by atoms with Crippen LogP contribution >= 0.6 is 0 Å². The molecule has 154 valence electrons. The van der Waals surface area contributed by atoms with E-state index >= 15 is 0 Å². The molecule has 1 aromatic heterocycles. The van der Waals surface area contributed by atoms with Gasteiger partial charge in [-0.15, -0.1) is 0 Å². The first-order chi connectivity index (χ1) is 15.2. The Morgan fingerprint density at radius 1 is 1.06 bits per heavy atom. The molecule has 0 aliphatic carbocycles. The summed E-state index contributed by atoms with van der Waals surface area (Å²) < 4.78 is 10.9. The molecule has 5 rings (SSSR count). The fourth-order valence-electron chi connectivity index (χ4n) is 4.38. The van der Waals surface area contributed by atoms with Crippen molar-refractivity contribution in [3.8, 4) is 22.9 Å². The lowest BCUT2D eigenvalue weighted by atomic mass is 9.89. The van der Waals surface area contributed by atoms with Gasteiger partial charge in [-0.05, 0) is 17.7 Å². The third kappa shape index (κ3) is 3.20. The zero-order valence-electron chi connectivity index (χ0n) is 17.3. The third-order valence-electron chi connectivity index (χ3n) is 5.81. The summed E-state index contributed by atoms with van der Waals surface area (Å²) in [6.45, 7) is 2.82. The number of aromatic nitrogens is 1. The summed E-state index contributed by atoms with van der Waals surface area (Å²) in [5.74, 6) is 1.23. The van der Waals surface area contributed by atoms with E-state index in [1.54, 1.807) is 7.11 Å². The van der Waals surface area contributed by atoms with E-state index in [-0.39, 0.29) is 0 Å². The molecule has 1 fully saturated rings. The number of nitrogens with two attached hydrogens (primary N) is 1. The molecule has 0 saturated carbocycles.